The first kappa shape index (κ1) is 14.2. The molecular formula is C11H10BrClN2OS. The number of hydrogen-bond acceptors (Lipinski definition) is 2. The van der Waals surface area contributed by atoms with E-state index >= 15 is 0 Å². The fourth-order valence-electron chi connectivity index (χ4n) is 1.05. The van der Waals surface area contributed by atoms with Crippen molar-refractivity contribution < 1.29 is 4.79 Å². The van der Waals surface area contributed by atoms with Gasteiger partial charge in [0.25, 0.3) is 5.91 Å². The Hall–Kier alpha value is -0.910. The third-order valence-electron chi connectivity index (χ3n) is 1.81. The maximum atomic E-state index is 11.8. The van der Waals surface area contributed by atoms with E-state index < -0.39 is 0 Å². The molecule has 0 saturated heterocycles. The van der Waals surface area contributed by atoms with Crippen molar-refractivity contribution in [3.05, 3.63) is 45.9 Å². The Morgan fingerprint density at radius 2 is 2.29 bits per heavy atom. The van der Waals surface area contributed by atoms with Crippen molar-refractivity contribution in [3.8, 4) is 0 Å². The van der Waals surface area contributed by atoms with Crippen LogP contribution in [0.3, 0.4) is 0 Å². The Kier molecular flexibility index (Phi) is 5.61. The lowest BCUT2D eigenvalue weighted by molar-refractivity contribution is 0.0977. The smallest absolute Gasteiger partial charge is 0.258 e. The molecule has 3 nitrogen and oxygen atoms in total. The summed E-state index contributed by atoms with van der Waals surface area (Å²) < 4.78 is 0.775. The molecule has 0 fully saturated rings. The molecule has 1 aromatic rings. The molecule has 0 unspecified atom stereocenters. The minimum Gasteiger partial charge on any atom is -0.359 e. The Labute approximate surface area is 118 Å². The second kappa shape index (κ2) is 6.74. The molecule has 1 amide bonds. The highest BCUT2D eigenvalue weighted by Gasteiger charge is 2.11. The zero-order valence-electron chi connectivity index (χ0n) is 8.80. The first-order valence-electron chi connectivity index (χ1n) is 4.69. The number of thiocarbonyl (C=S) groups is 1. The maximum absolute atomic E-state index is 11.8. The zero-order valence-corrected chi connectivity index (χ0v) is 12.0. The third-order valence-corrected chi connectivity index (χ3v) is 2.88. The van der Waals surface area contributed by atoms with Gasteiger partial charge in [0.1, 0.15) is 0 Å². The minimum absolute atomic E-state index is 0.242. The van der Waals surface area contributed by atoms with Gasteiger partial charge in [0, 0.05) is 11.0 Å². The van der Waals surface area contributed by atoms with Crippen LogP contribution in [-0.4, -0.2) is 17.6 Å². The summed E-state index contributed by atoms with van der Waals surface area (Å²) >= 11 is 14.1. The number of carbonyl (C=O) groups excluding carboxylic acids is 1. The molecule has 0 radical (unpaired) electrons. The lowest BCUT2D eigenvalue weighted by Crippen LogP contribution is -2.39. The molecule has 0 heterocycles. The van der Waals surface area contributed by atoms with Crippen molar-refractivity contribution in [1.82, 2.24) is 10.6 Å². The molecule has 0 spiro atoms. The molecule has 17 heavy (non-hydrogen) atoms. The molecule has 0 aliphatic carbocycles. The van der Waals surface area contributed by atoms with Gasteiger partial charge < -0.3 is 5.32 Å². The van der Waals surface area contributed by atoms with Gasteiger partial charge in [-0.15, -0.1) is 6.58 Å². The van der Waals surface area contributed by atoms with Crippen LogP contribution in [0, 0.1) is 0 Å². The predicted octanol–water partition coefficient (Wildman–Crippen LogP) is 2.89. The number of benzene rings is 1. The number of hydrogen-bond donors (Lipinski definition) is 2. The quantitative estimate of drug-likeness (QED) is 0.660. The fourth-order valence-corrected chi connectivity index (χ4v) is 1.79. The van der Waals surface area contributed by atoms with Gasteiger partial charge >= 0.3 is 0 Å². The van der Waals surface area contributed by atoms with Gasteiger partial charge in [0.2, 0.25) is 0 Å². The second-order valence-electron chi connectivity index (χ2n) is 3.08. The van der Waals surface area contributed by atoms with E-state index in [9.17, 15) is 4.79 Å². The van der Waals surface area contributed by atoms with Crippen LogP contribution < -0.4 is 10.6 Å². The number of amides is 1. The van der Waals surface area contributed by atoms with Gasteiger partial charge in [-0.25, -0.2) is 0 Å². The molecule has 1 aromatic carbocycles. The number of halogens is 2. The lowest BCUT2D eigenvalue weighted by atomic mass is 10.2. The van der Waals surface area contributed by atoms with Gasteiger partial charge in [0.15, 0.2) is 5.11 Å². The first-order valence-corrected chi connectivity index (χ1v) is 6.27. The zero-order chi connectivity index (χ0) is 12.8. The van der Waals surface area contributed by atoms with E-state index in [4.69, 9.17) is 23.8 Å². The highest BCUT2D eigenvalue weighted by Crippen LogP contribution is 2.20. The van der Waals surface area contributed by atoms with Crippen molar-refractivity contribution in [1.29, 1.82) is 0 Å². The van der Waals surface area contributed by atoms with E-state index in [0.29, 0.717) is 17.1 Å². The molecule has 1 rings (SSSR count). The Morgan fingerprint density at radius 3 is 2.94 bits per heavy atom. The van der Waals surface area contributed by atoms with Crippen molar-refractivity contribution >= 4 is 50.8 Å². The van der Waals surface area contributed by atoms with Crippen LogP contribution in [0.1, 0.15) is 10.4 Å². The van der Waals surface area contributed by atoms with Gasteiger partial charge in [-0.05, 0) is 30.4 Å². The largest absolute Gasteiger partial charge is 0.359 e. The molecule has 0 aromatic heterocycles. The summed E-state index contributed by atoms with van der Waals surface area (Å²) in [6, 6.07) is 5.03. The van der Waals surface area contributed by atoms with Crippen LogP contribution in [0.2, 0.25) is 5.02 Å². The SMILES string of the molecule is C=CCNC(=S)NC(=O)c1cc(Br)ccc1Cl. The Bertz CT molecular complexity index is 465. The molecule has 2 N–H and O–H groups in total. The Balaban J connectivity index is 2.72. The molecule has 90 valence electrons. The molecular weight excluding hydrogens is 324 g/mol. The van der Waals surface area contributed by atoms with E-state index in [1.807, 2.05) is 0 Å². The van der Waals surface area contributed by atoms with Crippen LogP contribution in [0.25, 0.3) is 0 Å². The first-order chi connectivity index (χ1) is 8.04. The van der Waals surface area contributed by atoms with Crippen molar-refractivity contribution in [2.45, 2.75) is 0 Å². The summed E-state index contributed by atoms with van der Waals surface area (Å²) in [4.78, 5) is 11.8. The van der Waals surface area contributed by atoms with Crippen molar-refractivity contribution in [3.63, 3.8) is 0 Å². The summed E-state index contributed by atoms with van der Waals surface area (Å²) in [6.07, 6.45) is 1.64. The van der Waals surface area contributed by atoms with Crippen LogP contribution >= 0.6 is 39.7 Å². The van der Waals surface area contributed by atoms with E-state index in [2.05, 4.69) is 33.1 Å². The van der Waals surface area contributed by atoms with Crippen molar-refractivity contribution in [2.24, 2.45) is 0 Å². The second-order valence-corrected chi connectivity index (χ2v) is 4.81. The molecule has 6 heteroatoms. The number of carbonyl (C=O) groups is 1. The summed E-state index contributed by atoms with van der Waals surface area (Å²) in [7, 11) is 0. The minimum atomic E-state index is -0.349. The van der Waals surface area contributed by atoms with Gasteiger partial charge in [0.05, 0.1) is 10.6 Å². The maximum Gasteiger partial charge on any atom is 0.258 e. The number of nitrogens with one attached hydrogen (secondary N) is 2. The normalized spacial score (nSPS) is 9.53. The van der Waals surface area contributed by atoms with E-state index in [1.165, 1.54) is 0 Å². The van der Waals surface area contributed by atoms with E-state index in [1.54, 1.807) is 24.3 Å². The van der Waals surface area contributed by atoms with Crippen LogP contribution in [0.15, 0.2) is 35.3 Å². The van der Waals surface area contributed by atoms with Crippen LogP contribution in [0.5, 0.6) is 0 Å². The monoisotopic (exact) mass is 332 g/mol. The van der Waals surface area contributed by atoms with Gasteiger partial charge in [-0.2, -0.15) is 0 Å². The molecule has 0 saturated carbocycles. The summed E-state index contributed by atoms with van der Waals surface area (Å²) in [5.41, 5.74) is 0.365. The predicted molar refractivity (Wildman–Crippen MR) is 77.4 cm³/mol. The fraction of sp³-hybridized carbons (Fsp3) is 0.0909. The van der Waals surface area contributed by atoms with Crippen molar-refractivity contribution in [2.75, 3.05) is 6.54 Å². The van der Waals surface area contributed by atoms with Crippen LogP contribution in [0.4, 0.5) is 0 Å². The third kappa shape index (κ3) is 4.46. The molecule has 0 atom stereocenters. The van der Waals surface area contributed by atoms with Gasteiger partial charge in [-0.3, -0.25) is 10.1 Å². The standard InChI is InChI=1S/C11H10BrClN2OS/c1-2-5-14-11(17)15-10(16)8-6-7(12)3-4-9(8)13/h2-4,6H,1,5H2,(H2,14,15,16,17). The van der Waals surface area contributed by atoms with Crippen LogP contribution in [-0.2, 0) is 0 Å². The average Bonchev–Trinajstić information content (AvgIpc) is 2.29. The highest BCUT2D eigenvalue weighted by atomic mass is 79.9. The summed E-state index contributed by atoms with van der Waals surface area (Å²) in [5.74, 6) is -0.349. The van der Waals surface area contributed by atoms with E-state index in [0.717, 1.165) is 4.47 Å². The molecule has 0 aliphatic heterocycles. The number of rotatable bonds is 3. The average molecular weight is 334 g/mol. The molecule has 0 bridgehead atoms. The summed E-state index contributed by atoms with van der Waals surface area (Å²) in [5, 5.41) is 5.94. The highest BCUT2D eigenvalue weighted by molar-refractivity contribution is 9.10. The van der Waals surface area contributed by atoms with Gasteiger partial charge in [-0.1, -0.05) is 33.6 Å². The topological polar surface area (TPSA) is 41.1 Å². The lowest BCUT2D eigenvalue weighted by Gasteiger charge is -2.09. The Morgan fingerprint density at radius 1 is 1.59 bits per heavy atom. The van der Waals surface area contributed by atoms with E-state index in [-0.39, 0.29) is 11.0 Å². The summed E-state index contributed by atoms with van der Waals surface area (Å²) in [6.45, 7) is 4.02. The molecule has 0 aliphatic rings.